The Bertz CT molecular complexity index is 570. The van der Waals surface area contributed by atoms with Gasteiger partial charge in [0.05, 0.1) is 18.7 Å². The van der Waals surface area contributed by atoms with E-state index in [4.69, 9.17) is 10.5 Å². The molecule has 0 radical (unpaired) electrons. The number of hydrogen-bond acceptors (Lipinski definition) is 3. The molecule has 1 saturated heterocycles. The van der Waals surface area contributed by atoms with Gasteiger partial charge in [-0.2, -0.15) is 0 Å². The molecule has 2 rings (SSSR count). The Labute approximate surface area is 130 Å². The Morgan fingerprint density at radius 1 is 1.55 bits per heavy atom. The van der Waals surface area contributed by atoms with Crippen LogP contribution in [0.5, 0.6) is 0 Å². The summed E-state index contributed by atoms with van der Waals surface area (Å²) >= 11 is 0. The molecule has 1 heterocycles. The highest BCUT2D eigenvalue weighted by Gasteiger charge is 2.37. The molecule has 1 aliphatic rings. The third-order valence-electron chi connectivity index (χ3n) is 3.75. The van der Waals surface area contributed by atoms with Crippen LogP contribution < -0.4 is 5.73 Å². The SMILES string of the molecule is CC(N)/C=C/C(=O)N1CC(c2cccc(F)c2)OCC1(C)C. The topological polar surface area (TPSA) is 55.6 Å². The largest absolute Gasteiger partial charge is 0.369 e. The Morgan fingerprint density at radius 3 is 2.91 bits per heavy atom. The van der Waals surface area contributed by atoms with Crippen LogP contribution in [0, 0.1) is 5.82 Å². The fourth-order valence-electron chi connectivity index (χ4n) is 2.47. The van der Waals surface area contributed by atoms with Gasteiger partial charge in [0.15, 0.2) is 0 Å². The van der Waals surface area contributed by atoms with Gasteiger partial charge >= 0.3 is 0 Å². The van der Waals surface area contributed by atoms with Crippen LogP contribution in [0.15, 0.2) is 36.4 Å². The number of halogens is 1. The van der Waals surface area contributed by atoms with Crippen molar-refractivity contribution in [3.63, 3.8) is 0 Å². The van der Waals surface area contributed by atoms with Gasteiger partial charge in [0.1, 0.15) is 11.9 Å². The number of carbonyl (C=O) groups is 1. The number of morpholine rings is 1. The van der Waals surface area contributed by atoms with Crippen LogP contribution in [-0.2, 0) is 9.53 Å². The van der Waals surface area contributed by atoms with E-state index in [0.29, 0.717) is 13.2 Å². The zero-order valence-electron chi connectivity index (χ0n) is 13.3. The molecule has 2 atom stereocenters. The van der Waals surface area contributed by atoms with Gasteiger partial charge in [-0.3, -0.25) is 4.79 Å². The van der Waals surface area contributed by atoms with Crippen molar-refractivity contribution in [2.45, 2.75) is 38.5 Å². The maximum atomic E-state index is 13.4. The maximum absolute atomic E-state index is 13.4. The molecule has 0 spiro atoms. The Balaban J connectivity index is 2.18. The zero-order chi connectivity index (χ0) is 16.3. The highest BCUT2D eigenvalue weighted by Crippen LogP contribution is 2.30. The first-order chi connectivity index (χ1) is 10.3. The first-order valence-corrected chi connectivity index (χ1v) is 7.42. The molecule has 1 amide bonds. The van der Waals surface area contributed by atoms with Crippen molar-refractivity contribution in [3.8, 4) is 0 Å². The number of nitrogens with zero attached hydrogens (tertiary/aromatic N) is 1. The van der Waals surface area contributed by atoms with E-state index in [1.165, 1.54) is 18.2 Å². The number of hydrogen-bond donors (Lipinski definition) is 1. The minimum absolute atomic E-state index is 0.105. The molecule has 4 nitrogen and oxygen atoms in total. The minimum atomic E-state index is -0.414. The van der Waals surface area contributed by atoms with Crippen LogP contribution in [0.4, 0.5) is 4.39 Å². The molecule has 1 aliphatic heterocycles. The molecule has 0 aliphatic carbocycles. The molecule has 1 fully saturated rings. The summed E-state index contributed by atoms with van der Waals surface area (Å²) < 4.78 is 19.2. The smallest absolute Gasteiger partial charge is 0.246 e. The summed E-state index contributed by atoms with van der Waals surface area (Å²) in [4.78, 5) is 14.2. The fourth-order valence-corrected chi connectivity index (χ4v) is 2.47. The summed E-state index contributed by atoms with van der Waals surface area (Å²) in [6, 6.07) is 6.13. The van der Waals surface area contributed by atoms with Gasteiger partial charge in [0.25, 0.3) is 0 Å². The van der Waals surface area contributed by atoms with E-state index in [1.54, 1.807) is 17.0 Å². The van der Waals surface area contributed by atoms with E-state index in [1.807, 2.05) is 26.8 Å². The third-order valence-corrected chi connectivity index (χ3v) is 3.75. The summed E-state index contributed by atoms with van der Waals surface area (Å²) in [7, 11) is 0. The second-order valence-electron chi connectivity index (χ2n) is 6.33. The molecule has 1 aromatic carbocycles. The molecule has 0 aromatic heterocycles. The highest BCUT2D eigenvalue weighted by atomic mass is 19.1. The fraction of sp³-hybridized carbons (Fsp3) is 0.471. The highest BCUT2D eigenvalue weighted by molar-refractivity contribution is 5.88. The van der Waals surface area contributed by atoms with E-state index in [2.05, 4.69) is 0 Å². The quantitative estimate of drug-likeness (QED) is 0.873. The van der Waals surface area contributed by atoms with Crippen molar-refractivity contribution >= 4 is 5.91 Å². The summed E-state index contributed by atoms with van der Waals surface area (Å²) in [5, 5.41) is 0. The van der Waals surface area contributed by atoms with Crippen LogP contribution >= 0.6 is 0 Å². The molecule has 0 saturated carbocycles. The second-order valence-corrected chi connectivity index (χ2v) is 6.33. The van der Waals surface area contributed by atoms with E-state index < -0.39 is 5.54 Å². The molecule has 1 aromatic rings. The lowest BCUT2D eigenvalue weighted by molar-refractivity contribution is -0.149. The Hall–Kier alpha value is -1.72. The third kappa shape index (κ3) is 3.93. The monoisotopic (exact) mass is 306 g/mol. The van der Waals surface area contributed by atoms with Crippen LogP contribution in [0.1, 0.15) is 32.4 Å². The van der Waals surface area contributed by atoms with Gasteiger partial charge in [-0.1, -0.05) is 18.2 Å². The minimum Gasteiger partial charge on any atom is -0.369 e. The second kappa shape index (κ2) is 6.58. The normalized spacial score (nSPS) is 22.8. The van der Waals surface area contributed by atoms with Gasteiger partial charge in [-0.15, -0.1) is 0 Å². The number of benzene rings is 1. The lowest BCUT2D eigenvalue weighted by atomic mass is 9.97. The summed E-state index contributed by atoms with van der Waals surface area (Å²) in [5.41, 5.74) is 5.98. The predicted molar refractivity (Wildman–Crippen MR) is 83.7 cm³/mol. The number of amides is 1. The average Bonchev–Trinajstić information content (AvgIpc) is 2.44. The average molecular weight is 306 g/mol. The van der Waals surface area contributed by atoms with Gasteiger partial charge in [0, 0.05) is 12.1 Å². The Kier molecular flexibility index (Phi) is 4.98. The standard InChI is InChI=1S/C17H23FN2O2/c1-12(19)7-8-16(21)20-10-15(22-11-17(20,2)3)13-5-4-6-14(18)9-13/h4-9,12,15H,10-11,19H2,1-3H3/b8-7+. The van der Waals surface area contributed by atoms with Gasteiger partial charge in [-0.25, -0.2) is 4.39 Å². The van der Waals surface area contributed by atoms with Gasteiger partial charge in [-0.05, 0) is 38.5 Å². The molecule has 0 bridgehead atoms. The summed E-state index contributed by atoms with van der Waals surface area (Å²) in [6.45, 7) is 6.49. The van der Waals surface area contributed by atoms with E-state index >= 15 is 0 Å². The summed E-state index contributed by atoms with van der Waals surface area (Å²) in [6.07, 6.45) is 2.85. The molecule has 5 heteroatoms. The number of rotatable bonds is 3. The van der Waals surface area contributed by atoms with Crippen LogP contribution in [-0.4, -0.2) is 35.5 Å². The van der Waals surface area contributed by atoms with E-state index in [9.17, 15) is 9.18 Å². The molecule has 2 unspecified atom stereocenters. The number of ether oxygens (including phenoxy) is 1. The van der Waals surface area contributed by atoms with Crippen molar-refractivity contribution in [1.29, 1.82) is 0 Å². The first-order valence-electron chi connectivity index (χ1n) is 7.42. The number of carbonyl (C=O) groups excluding carboxylic acids is 1. The molecular formula is C17H23FN2O2. The lowest BCUT2D eigenvalue weighted by Crippen LogP contribution is -2.55. The van der Waals surface area contributed by atoms with E-state index in [-0.39, 0.29) is 23.9 Å². The van der Waals surface area contributed by atoms with Crippen molar-refractivity contribution in [3.05, 3.63) is 47.8 Å². The molecule has 22 heavy (non-hydrogen) atoms. The predicted octanol–water partition coefficient (Wildman–Crippen LogP) is 2.41. The maximum Gasteiger partial charge on any atom is 0.246 e. The van der Waals surface area contributed by atoms with Crippen LogP contribution in [0.3, 0.4) is 0 Å². The van der Waals surface area contributed by atoms with Crippen molar-refractivity contribution in [2.75, 3.05) is 13.2 Å². The van der Waals surface area contributed by atoms with Crippen molar-refractivity contribution in [2.24, 2.45) is 5.73 Å². The molecular weight excluding hydrogens is 283 g/mol. The lowest BCUT2D eigenvalue weighted by Gasteiger charge is -2.45. The first kappa shape index (κ1) is 16.6. The van der Waals surface area contributed by atoms with Crippen LogP contribution in [0.25, 0.3) is 0 Å². The number of nitrogens with two attached hydrogens (primary N) is 1. The molecule has 2 N–H and O–H groups in total. The van der Waals surface area contributed by atoms with E-state index in [0.717, 1.165) is 5.56 Å². The van der Waals surface area contributed by atoms with Crippen molar-refractivity contribution in [1.82, 2.24) is 4.90 Å². The zero-order valence-corrected chi connectivity index (χ0v) is 13.3. The van der Waals surface area contributed by atoms with Gasteiger partial charge < -0.3 is 15.4 Å². The van der Waals surface area contributed by atoms with Gasteiger partial charge in [0.2, 0.25) is 5.91 Å². The van der Waals surface area contributed by atoms with Crippen molar-refractivity contribution < 1.29 is 13.9 Å². The van der Waals surface area contributed by atoms with Crippen LogP contribution in [0.2, 0.25) is 0 Å². The Morgan fingerprint density at radius 2 is 2.27 bits per heavy atom. The molecule has 120 valence electrons. The summed E-state index contributed by atoms with van der Waals surface area (Å²) in [5.74, 6) is -0.410.